The summed E-state index contributed by atoms with van der Waals surface area (Å²) in [5.74, 6) is 0.881. The molecule has 0 aliphatic heterocycles. The van der Waals surface area contributed by atoms with E-state index in [2.05, 4.69) is 37.4 Å². The van der Waals surface area contributed by atoms with Crippen molar-refractivity contribution in [3.8, 4) is 5.75 Å². The molecule has 2 nitrogen and oxygen atoms in total. The van der Waals surface area contributed by atoms with Gasteiger partial charge in [-0.25, -0.2) is 0 Å². The van der Waals surface area contributed by atoms with Gasteiger partial charge in [-0.1, -0.05) is 49.7 Å². The first-order valence-corrected chi connectivity index (χ1v) is 7.63. The highest BCUT2D eigenvalue weighted by Gasteiger charge is 2.05. The van der Waals surface area contributed by atoms with E-state index in [0.29, 0.717) is 12.6 Å². The SMILES string of the molecule is Cc1cc(Cl)ccc1OCc1ccccc1CNC(C)C. The minimum atomic E-state index is 0.470. The maximum atomic E-state index is 5.97. The zero-order chi connectivity index (χ0) is 15.2. The third-order valence-electron chi connectivity index (χ3n) is 3.34. The molecule has 1 N–H and O–H groups in total. The second-order valence-electron chi connectivity index (χ2n) is 5.50. The van der Waals surface area contributed by atoms with Gasteiger partial charge >= 0.3 is 0 Å². The molecule has 0 unspecified atom stereocenters. The minimum absolute atomic E-state index is 0.470. The number of nitrogens with one attached hydrogen (secondary N) is 1. The van der Waals surface area contributed by atoms with E-state index >= 15 is 0 Å². The van der Waals surface area contributed by atoms with Crippen LogP contribution in [0.25, 0.3) is 0 Å². The van der Waals surface area contributed by atoms with E-state index in [0.717, 1.165) is 22.9 Å². The number of hydrogen-bond donors (Lipinski definition) is 1. The number of halogens is 1. The minimum Gasteiger partial charge on any atom is -0.489 e. The van der Waals surface area contributed by atoms with Crippen molar-refractivity contribution in [2.75, 3.05) is 0 Å². The molecule has 2 aromatic rings. The zero-order valence-electron chi connectivity index (χ0n) is 12.8. The lowest BCUT2D eigenvalue weighted by Gasteiger charge is -2.14. The maximum Gasteiger partial charge on any atom is 0.122 e. The average molecular weight is 304 g/mol. The third-order valence-corrected chi connectivity index (χ3v) is 3.57. The standard InChI is InChI=1S/C18H22ClNO/c1-13(2)20-11-15-6-4-5-7-16(15)12-21-18-9-8-17(19)10-14(18)3/h4-10,13,20H,11-12H2,1-3H3. The molecule has 0 spiro atoms. The normalized spacial score (nSPS) is 10.9. The fraction of sp³-hybridized carbons (Fsp3) is 0.333. The lowest BCUT2D eigenvalue weighted by molar-refractivity contribution is 0.302. The van der Waals surface area contributed by atoms with E-state index < -0.39 is 0 Å². The summed E-state index contributed by atoms with van der Waals surface area (Å²) in [7, 11) is 0. The first kappa shape index (κ1) is 15.9. The van der Waals surface area contributed by atoms with E-state index in [1.54, 1.807) is 0 Å². The van der Waals surface area contributed by atoms with Crippen LogP contribution < -0.4 is 10.1 Å². The van der Waals surface area contributed by atoms with Gasteiger partial charge in [0, 0.05) is 17.6 Å². The summed E-state index contributed by atoms with van der Waals surface area (Å²) in [6.45, 7) is 7.73. The van der Waals surface area contributed by atoms with Crippen molar-refractivity contribution in [2.24, 2.45) is 0 Å². The van der Waals surface area contributed by atoms with Crippen molar-refractivity contribution in [2.45, 2.75) is 40.0 Å². The Kier molecular flexibility index (Phi) is 5.66. The monoisotopic (exact) mass is 303 g/mol. The van der Waals surface area contributed by atoms with E-state index in [9.17, 15) is 0 Å². The summed E-state index contributed by atoms with van der Waals surface area (Å²) in [5, 5.41) is 4.18. The molecule has 0 saturated heterocycles. The van der Waals surface area contributed by atoms with Gasteiger partial charge in [-0.15, -0.1) is 0 Å². The molecule has 0 aliphatic carbocycles. The van der Waals surface area contributed by atoms with Crippen molar-refractivity contribution in [1.29, 1.82) is 0 Å². The Hall–Kier alpha value is -1.51. The molecule has 0 radical (unpaired) electrons. The second-order valence-corrected chi connectivity index (χ2v) is 5.94. The van der Waals surface area contributed by atoms with Crippen molar-refractivity contribution < 1.29 is 4.74 Å². The van der Waals surface area contributed by atoms with Crippen molar-refractivity contribution in [1.82, 2.24) is 5.32 Å². The van der Waals surface area contributed by atoms with Crippen LogP contribution in [0.2, 0.25) is 5.02 Å². The third kappa shape index (κ3) is 4.76. The predicted molar refractivity (Wildman–Crippen MR) is 88.9 cm³/mol. The molecule has 3 heteroatoms. The van der Waals surface area contributed by atoms with Crippen LogP contribution in [0.3, 0.4) is 0 Å². The fourth-order valence-electron chi connectivity index (χ4n) is 2.12. The van der Waals surface area contributed by atoms with Crippen molar-refractivity contribution in [3.05, 3.63) is 64.2 Å². The zero-order valence-corrected chi connectivity index (χ0v) is 13.6. The molecule has 0 amide bonds. The first-order valence-electron chi connectivity index (χ1n) is 7.25. The predicted octanol–water partition coefficient (Wildman–Crippen LogP) is 4.73. The first-order chi connectivity index (χ1) is 10.1. The molecule has 21 heavy (non-hydrogen) atoms. The van der Waals surface area contributed by atoms with Crippen LogP contribution in [0, 0.1) is 6.92 Å². The molecule has 112 valence electrons. The van der Waals surface area contributed by atoms with E-state index in [1.807, 2.05) is 31.2 Å². The fourth-order valence-corrected chi connectivity index (χ4v) is 2.34. The van der Waals surface area contributed by atoms with Gasteiger partial charge in [0.25, 0.3) is 0 Å². The lowest BCUT2D eigenvalue weighted by Crippen LogP contribution is -2.22. The van der Waals surface area contributed by atoms with Crippen LogP contribution in [0.1, 0.15) is 30.5 Å². The maximum absolute atomic E-state index is 5.97. The van der Waals surface area contributed by atoms with E-state index in [1.165, 1.54) is 11.1 Å². The van der Waals surface area contributed by atoms with Gasteiger partial charge in [-0.05, 0) is 41.8 Å². The van der Waals surface area contributed by atoms with Gasteiger partial charge in [-0.3, -0.25) is 0 Å². The van der Waals surface area contributed by atoms with Crippen LogP contribution in [-0.2, 0) is 13.2 Å². The Morgan fingerprint density at radius 1 is 1.10 bits per heavy atom. The summed E-state index contributed by atoms with van der Waals surface area (Å²) in [6, 6.07) is 14.5. The molecule has 0 fully saturated rings. The van der Waals surface area contributed by atoms with Gasteiger partial charge in [0.05, 0.1) is 0 Å². The van der Waals surface area contributed by atoms with Gasteiger partial charge in [0.15, 0.2) is 0 Å². The number of aryl methyl sites for hydroxylation is 1. The molecule has 2 rings (SSSR count). The Morgan fingerprint density at radius 2 is 1.81 bits per heavy atom. The molecule has 0 atom stereocenters. The summed E-state index contributed by atoms with van der Waals surface area (Å²) in [6.07, 6.45) is 0. The molecule has 0 saturated carbocycles. The van der Waals surface area contributed by atoms with E-state index in [-0.39, 0.29) is 0 Å². The van der Waals surface area contributed by atoms with Gasteiger partial charge in [0.1, 0.15) is 12.4 Å². The average Bonchev–Trinajstić information content (AvgIpc) is 2.45. The van der Waals surface area contributed by atoms with Crippen molar-refractivity contribution in [3.63, 3.8) is 0 Å². The summed E-state index contributed by atoms with van der Waals surface area (Å²) in [5.41, 5.74) is 3.54. The van der Waals surface area contributed by atoms with E-state index in [4.69, 9.17) is 16.3 Å². The Morgan fingerprint density at radius 3 is 2.48 bits per heavy atom. The Labute approximate surface area is 132 Å². The summed E-state index contributed by atoms with van der Waals surface area (Å²) < 4.78 is 5.94. The lowest BCUT2D eigenvalue weighted by atomic mass is 10.1. The van der Waals surface area contributed by atoms with Gasteiger partial charge < -0.3 is 10.1 Å². The van der Waals surface area contributed by atoms with Crippen molar-refractivity contribution >= 4 is 11.6 Å². The smallest absolute Gasteiger partial charge is 0.122 e. The summed E-state index contributed by atoms with van der Waals surface area (Å²) >= 11 is 5.97. The number of ether oxygens (including phenoxy) is 1. The highest BCUT2D eigenvalue weighted by molar-refractivity contribution is 6.30. The Balaban J connectivity index is 2.05. The molecule has 2 aromatic carbocycles. The quantitative estimate of drug-likeness (QED) is 0.833. The number of hydrogen-bond acceptors (Lipinski definition) is 2. The summed E-state index contributed by atoms with van der Waals surface area (Å²) in [4.78, 5) is 0. The Bertz CT molecular complexity index is 596. The van der Waals surface area contributed by atoms with Gasteiger partial charge in [-0.2, -0.15) is 0 Å². The van der Waals surface area contributed by atoms with Crippen LogP contribution in [0.4, 0.5) is 0 Å². The molecule has 0 heterocycles. The van der Waals surface area contributed by atoms with Crippen LogP contribution >= 0.6 is 11.6 Å². The van der Waals surface area contributed by atoms with Crippen LogP contribution in [0.15, 0.2) is 42.5 Å². The second kappa shape index (κ2) is 7.48. The van der Waals surface area contributed by atoms with Gasteiger partial charge in [0.2, 0.25) is 0 Å². The molecular weight excluding hydrogens is 282 g/mol. The van der Waals surface area contributed by atoms with Crippen LogP contribution in [0.5, 0.6) is 5.75 Å². The highest BCUT2D eigenvalue weighted by Crippen LogP contribution is 2.23. The molecule has 0 aromatic heterocycles. The molecule has 0 bridgehead atoms. The largest absolute Gasteiger partial charge is 0.489 e. The topological polar surface area (TPSA) is 21.3 Å². The number of rotatable bonds is 6. The highest BCUT2D eigenvalue weighted by atomic mass is 35.5. The molecular formula is C18H22ClNO. The molecule has 0 aliphatic rings. The number of benzene rings is 2. The van der Waals surface area contributed by atoms with Crippen LogP contribution in [-0.4, -0.2) is 6.04 Å².